The monoisotopic (exact) mass is 507 g/mol. The molecular formula is C25H25ClF3N3OS. The maximum Gasteiger partial charge on any atom is 0.416 e. The number of nitrogens with one attached hydrogen (secondary N) is 1. The Labute approximate surface area is 203 Å². The minimum absolute atomic E-state index is 0.225. The van der Waals surface area contributed by atoms with Crippen LogP contribution in [-0.4, -0.2) is 24.3 Å². The molecule has 0 spiro atoms. The average Bonchev–Trinajstić information content (AvgIpc) is 2.98. The molecule has 1 N–H and O–H groups in total. The lowest BCUT2D eigenvalue weighted by Crippen LogP contribution is -2.28. The highest BCUT2D eigenvalue weighted by atomic mass is 35.5. The lowest BCUT2D eigenvalue weighted by atomic mass is 10.0. The first kappa shape index (κ1) is 24.6. The molecule has 1 aliphatic heterocycles. The smallest absolute Gasteiger partial charge is 0.341 e. The summed E-state index contributed by atoms with van der Waals surface area (Å²) in [5.74, 6) is 0. The van der Waals surface area contributed by atoms with Gasteiger partial charge in [-0.1, -0.05) is 29.8 Å². The van der Waals surface area contributed by atoms with Crippen LogP contribution in [0.3, 0.4) is 0 Å². The number of alkyl halides is 3. The Morgan fingerprint density at radius 3 is 2.38 bits per heavy atom. The van der Waals surface area contributed by atoms with E-state index in [4.69, 9.17) is 11.6 Å². The average molecular weight is 508 g/mol. The van der Waals surface area contributed by atoms with E-state index >= 15 is 0 Å². The first-order valence-electron chi connectivity index (χ1n) is 10.9. The van der Waals surface area contributed by atoms with E-state index in [0.717, 1.165) is 36.3 Å². The fourth-order valence-electron chi connectivity index (χ4n) is 4.17. The van der Waals surface area contributed by atoms with E-state index in [-0.39, 0.29) is 4.90 Å². The molecule has 0 bridgehead atoms. The molecular weight excluding hydrogens is 483 g/mol. The van der Waals surface area contributed by atoms with Gasteiger partial charge in [-0.2, -0.15) is 13.2 Å². The Bertz CT molecular complexity index is 1290. The van der Waals surface area contributed by atoms with Crippen molar-refractivity contribution in [1.82, 2.24) is 4.72 Å². The molecule has 0 saturated carbocycles. The van der Waals surface area contributed by atoms with Crippen LogP contribution in [0.2, 0.25) is 5.02 Å². The van der Waals surface area contributed by atoms with Gasteiger partial charge in [-0.3, -0.25) is 0 Å². The summed E-state index contributed by atoms with van der Waals surface area (Å²) >= 11 is 6.24. The van der Waals surface area contributed by atoms with Crippen LogP contribution >= 0.6 is 11.6 Å². The second-order valence-electron chi connectivity index (χ2n) is 8.03. The van der Waals surface area contributed by atoms with Crippen LogP contribution in [-0.2, 0) is 28.9 Å². The van der Waals surface area contributed by atoms with Crippen molar-refractivity contribution in [1.29, 1.82) is 0 Å². The maximum atomic E-state index is 13.3. The number of anilines is 2. The Morgan fingerprint density at radius 1 is 1.00 bits per heavy atom. The van der Waals surface area contributed by atoms with Gasteiger partial charge in [-0.05, 0) is 78.9 Å². The van der Waals surface area contributed by atoms with Gasteiger partial charge in [-0.15, -0.1) is 0 Å². The quantitative estimate of drug-likeness (QED) is 0.380. The van der Waals surface area contributed by atoms with Gasteiger partial charge in [0.1, 0.15) is 9.92 Å². The van der Waals surface area contributed by atoms with E-state index in [1.54, 1.807) is 0 Å². The van der Waals surface area contributed by atoms with Crippen molar-refractivity contribution in [3.05, 3.63) is 88.4 Å². The Kier molecular flexibility index (Phi) is 7.21. The van der Waals surface area contributed by atoms with Crippen molar-refractivity contribution in [2.75, 3.05) is 25.0 Å². The molecule has 0 fully saturated rings. The van der Waals surface area contributed by atoms with Gasteiger partial charge in [0.05, 0.1) is 10.5 Å². The standard InChI is InChI=1S/C25H25ClF3N3OS/c1-30-34(33,22-12-9-20(10-13-22)25(27,28)29)31-15-4-16-32-23-6-3-2-5-18(23)7-8-19-17-21(26)11-14-24(19)32/h2-3,5-6,9-14,17H,4,7-8,15-16H2,1H3,(H,30,31,33). The Balaban J connectivity index is 1.49. The fourth-order valence-corrected chi connectivity index (χ4v) is 5.80. The molecule has 1 aliphatic rings. The Morgan fingerprint density at radius 2 is 1.68 bits per heavy atom. The molecule has 1 heterocycles. The van der Waals surface area contributed by atoms with Gasteiger partial charge >= 0.3 is 6.18 Å². The summed E-state index contributed by atoms with van der Waals surface area (Å²) in [4.78, 5) is 2.47. The molecule has 34 heavy (non-hydrogen) atoms. The summed E-state index contributed by atoms with van der Waals surface area (Å²) in [6.07, 6.45) is -2.00. The SMILES string of the molecule is CN=S(=O)(NCCCN1c2ccccc2CCc2cc(Cl)ccc21)c1ccc(C(F)(F)F)cc1. The summed E-state index contributed by atoms with van der Waals surface area (Å²) in [5.41, 5.74) is 3.87. The number of hydrogen-bond acceptors (Lipinski definition) is 3. The van der Waals surface area contributed by atoms with E-state index in [0.29, 0.717) is 24.5 Å². The van der Waals surface area contributed by atoms with E-state index < -0.39 is 21.7 Å². The van der Waals surface area contributed by atoms with Crippen LogP contribution in [0, 0.1) is 0 Å². The number of nitrogens with zero attached hydrogens (tertiary/aromatic N) is 2. The third-order valence-corrected chi connectivity index (χ3v) is 8.15. The molecule has 1 atom stereocenters. The predicted octanol–water partition coefficient (Wildman–Crippen LogP) is 6.65. The van der Waals surface area contributed by atoms with Crippen LogP contribution in [0.15, 0.2) is 76.0 Å². The third kappa shape index (κ3) is 5.24. The molecule has 3 aromatic rings. The summed E-state index contributed by atoms with van der Waals surface area (Å²) < 4.78 is 58.8. The number of benzene rings is 3. The minimum atomic E-state index is -4.44. The second kappa shape index (κ2) is 9.98. The topological polar surface area (TPSA) is 44.7 Å². The third-order valence-electron chi connectivity index (χ3n) is 5.89. The number of para-hydroxylation sites is 1. The van der Waals surface area contributed by atoms with Crippen molar-refractivity contribution in [2.45, 2.75) is 30.3 Å². The summed E-state index contributed by atoms with van der Waals surface area (Å²) in [6.45, 7) is 1.03. The Hall–Kier alpha value is -2.55. The van der Waals surface area contributed by atoms with Gasteiger partial charge < -0.3 is 4.90 Å². The van der Waals surface area contributed by atoms with Gasteiger partial charge in [0.2, 0.25) is 0 Å². The molecule has 180 valence electrons. The molecule has 1 unspecified atom stereocenters. The van der Waals surface area contributed by atoms with Crippen molar-refractivity contribution >= 4 is 32.9 Å². The van der Waals surface area contributed by atoms with Crippen LogP contribution < -0.4 is 9.62 Å². The van der Waals surface area contributed by atoms with Crippen LogP contribution in [0.5, 0.6) is 0 Å². The normalized spacial score (nSPS) is 15.1. The van der Waals surface area contributed by atoms with Crippen LogP contribution in [0.4, 0.5) is 24.5 Å². The van der Waals surface area contributed by atoms with Crippen LogP contribution in [0.1, 0.15) is 23.1 Å². The first-order valence-corrected chi connectivity index (χ1v) is 12.8. The second-order valence-corrected chi connectivity index (χ2v) is 10.6. The largest absolute Gasteiger partial charge is 0.416 e. The lowest BCUT2D eigenvalue weighted by Gasteiger charge is -2.27. The molecule has 0 radical (unpaired) electrons. The van der Waals surface area contributed by atoms with Crippen molar-refractivity contribution < 1.29 is 17.4 Å². The lowest BCUT2D eigenvalue weighted by molar-refractivity contribution is -0.137. The highest BCUT2D eigenvalue weighted by Gasteiger charge is 2.30. The molecule has 0 amide bonds. The molecule has 4 rings (SSSR count). The number of fused-ring (bicyclic) bond motifs is 2. The van der Waals surface area contributed by atoms with E-state index in [2.05, 4.69) is 26.1 Å². The molecule has 4 nitrogen and oxygen atoms in total. The van der Waals surface area contributed by atoms with Crippen molar-refractivity contribution in [3.8, 4) is 0 Å². The molecule has 0 aromatic heterocycles. The summed E-state index contributed by atoms with van der Waals surface area (Å²) in [7, 11) is -1.63. The molecule has 3 aromatic carbocycles. The number of halogens is 4. The van der Waals surface area contributed by atoms with Crippen LogP contribution in [0.25, 0.3) is 0 Å². The van der Waals surface area contributed by atoms with Gasteiger partial charge in [0, 0.05) is 36.5 Å². The van der Waals surface area contributed by atoms with Gasteiger partial charge in [-0.25, -0.2) is 13.3 Å². The molecule has 9 heteroatoms. The number of hydrogen-bond donors (Lipinski definition) is 1. The minimum Gasteiger partial charge on any atom is -0.341 e. The van der Waals surface area contributed by atoms with Crippen molar-refractivity contribution in [3.63, 3.8) is 0 Å². The van der Waals surface area contributed by atoms with Gasteiger partial charge in [0.15, 0.2) is 0 Å². The number of rotatable bonds is 6. The van der Waals surface area contributed by atoms with E-state index in [1.165, 1.54) is 30.3 Å². The number of aryl methyl sites for hydroxylation is 2. The zero-order valence-electron chi connectivity index (χ0n) is 18.6. The van der Waals surface area contributed by atoms with E-state index in [9.17, 15) is 17.4 Å². The van der Waals surface area contributed by atoms with E-state index in [1.807, 2.05) is 30.3 Å². The maximum absolute atomic E-state index is 13.3. The highest BCUT2D eigenvalue weighted by Crippen LogP contribution is 2.37. The highest BCUT2D eigenvalue weighted by molar-refractivity contribution is 7.91. The zero-order chi connectivity index (χ0) is 24.3. The fraction of sp³-hybridized carbons (Fsp3) is 0.280. The molecule has 0 saturated heterocycles. The van der Waals surface area contributed by atoms with Gasteiger partial charge in [0.25, 0.3) is 0 Å². The molecule has 0 aliphatic carbocycles. The first-order chi connectivity index (χ1) is 16.2. The summed E-state index contributed by atoms with van der Waals surface area (Å²) in [5, 5.41) is 0.701. The summed E-state index contributed by atoms with van der Waals surface area (Å²) in [6, 6.07) is 18.5. The van der Waals surface area contributed by atoms with Crippen molar-refractivity contribution in [2.24, 2.45) is 4.36 Å². The zero-order valence-corrected chi connectivity index (χ0v) is 20.2. The predicted molar refractivity (Wildman–Crippen MR) is 131 cm³/mol.